The number of benzene rings is 1. The maximum Gasteiger partial charge on any atom is 0.387 e. The van der Waals surface area contributed by atoms with Gasteiger partial charge in [-0.2, -0.15) is 14.0 Å². The number of nitriles is 1. The number of methoxy groups -OCH3 is 1. The van der Waals surface area contributed by atoms with Crippen molar-refractivity contribution in [1.82, 2.24) is 5.32 Å². The van der Waals surface area contributed by atoms with Gasteiger partial charge in [-0.1, -0.05) is 25.3 Å². The molecule has 1 aromatic carbocycles. The third-order valence-corrected chi connectivity index (χ3v) is 4.25. The summed E-state index contributed by atoms with van der Waals surface area (Å²) in [4.78, 5) is 12.4. The lowest BCUT2D eigenvalue weighted by Crippen LogP contribution is -2.41. The van der Waals surface area contributed by atoms with Crippen LogP contribution < -0.4 is 14.8 Å². The van der Waals surface area contributed by atoms with Crippen molar-refractivity contribution in [2.45, 2.75) is 45.3 Å². The maximum atomic E-state index is 12.4. The molecular weight excluding hydrogens is 318 g/mol. The van der Waals surface area contributed by atoms with E-state index >= 15 is 0 Å². The summed E-state index contributed by atoms with van der Waals surface area (Å²) in [5.74, 6) is -0.213. The van der Waals surface area contributed by atoms with Crippen molar-refractivity contribution in [3.8, 4) is 17.6 Å². The van der Waals surface area contributed by atoms with Crippen LogP contribution in [0.5, 0.6) is 11.5 Å². The Bertz CT molecular complexity index is 623. The highest BCUT2D eigenvalue weighted by molar-refractivity contribution is 5.85. The molecule has 0 aliphatic heterocycles. The van der Waals surface area contributed by atoms with E-state index in [0.29, 0.717) is 18.4 Å². The van der Waals surface area contributed by atoms with Gasteiger partial charge in [-0.05, 0) is 30.5 Å². The van der Waals surface area contributed by atoms with Crippen molar-refractivity contribution in [3.63, 3.8) is 0 Å². The van der Waals surface area contributed by atoms with E-state index in [2.05, 4.69) is 16.1 Å². The number of nitrogens with one attached hydrogen (secondary N) is 1. The van der Waals surface area contributed by atoms with Crippen molar-refractivity contribution in [3.05, 3.63) is 23.8 Å². The van der Waals surface area contributed by atoms with E-state index in [-0.39, 0.29) is 24.0 Å². The number of nitrogens with zero attached hydrogens (tertiary/aromatic N) is 1. The van der Waals surface area contributed by atoms with E-state index in [4.69, 9.17) is 4.74 Å². The monoisotopic (exact) mass is 338 g/mol. The topological polar surface area (TPSA) is 71.3 Å². The van der Waals surface area contributed by atoms with Gasteiger partial charge >= 0.3 is 6.61 Å². The fourth-order valence-electron chi connectivity index (χ4n) is 2.92. The van der Waals surface area contributed by atoms with Crippen LogP contribution in [0.3, 0.4) is 0 Å². The van der Waals surface area contributed by atoms with Crippen LogP contribution in [0.15, 0.2) is 18.2 Å². The fraction of sp³-hybridized carbons (Fsp3) is 0.529. The van der Waals surface area contributed by atoms with Crippen molar-refractivity contribution in [2.24, 2.45) is 5.41 Å². The quantitative estimate of drug-likeness (QED) is 0.863. The zero-order chi connectivity index (χ0) is 17.6. The highest BCUT2D eigenvalue weighted by atomic mass is 19.3. The normalized spacial score (nSPS) is 16.3. The van der Waals surface area contributed by atoms with Gasteiger partial charge < -0.3 is 14.8 Å². The molecule has 5 nitrogen and oxygen atoms in total. The average molecular weight is 338 g/mol. The van der Waals surface area contributed by atoms with E-state index in [9.17, 15) is 18.8 Å². The van der Waals surface area contributed by atoms with E-state index in [1.54, 1.807) is 6.07 Å². The van der Waals surface area contributed by atoms with Crippen LogP contribution in [0.25, 0.3) is 0 Å². The van der Waals surface area contributed by atoms with Crippen LogP contribution in [0.1, 0.15) is 37.7 Å². The SMILES string of the molecule is COc1ccc(CNC(=O)C2(C#N)CCCCC2)cc1OC(F)F. The number of halogens is 2. The molecule has 1 aliphatic rings. The lowest BCUT2D eigenvalue weighted by atomic mass is 9.74. The summed E-state index contributed by atoms with van der Waals surface area (Å²) in [7, 11) is 1.36. The van der Waals surface area contributed by atoms with Crippen molar-refractivity contribution in [1.29, 1.82) is 5.26 Å². The van der Waals surface area contributed by atoms with Gasteiger partial charge in [0.15, 0.2) is 11.5 Å². The van der Waals surface area contributed by atoms with Gasteiger partial charge in [0, 0.05) is 6.54 Å². The van der Waals surface area contributed by atoms with Gasteiger partial charge in [0.05, 0.1) is 13.2 Å². The Morgan fingerprint density at radius 3 is 2.62 bits per heavy atom. The highest BCUT2D eigenvalue weighted by Crippen LogP contribution is 2.36. The Morgan fingerprint density at radius 1 is 1.33 bits per heavy atom. The molecule has 1 aromatic rings. The van der Waals surface area contributed by atoms with Gasteiger partial charge in [-0.3, -0.25) is 4.79 Å². The van der Waals surface area contributed by atoms with Gasteiger partial charge in [0.1, 0.15) is 5.41 Å². The van der Waals surface area contributed by atoms with Crippen LogP contribution >= 0.6 is 0 Å². The molecule has 1 fully saturated rings. The molecule has 7 heteroatoms. The lowest BCUT2D eigenvalue weighted by molar-refractivity contribution is -0.129. The van der Waals surface area contributed by atoms with Crippen LogP contribution in [-0.2, 0) is 11.3 Å². The number of hydrogen-bond acceptors (Lipinski definition) is 4. The standard InChI is InChI=1S/C17H20F2N2O3/c1-23-13-6-5-12(9-14(13)24-16(18)19)10-21-15(22)17(11-20)7-3-2-4-8-17/h5-6,9,16H,2-4,7-8,10H2,1H3,(H,21,22). The summed E-state index contributed by atoms with van der Waals surface area (Å²) in [5.41, 5.74) is -0.392. The summed E-state index contributed by atoms with van der Waals surface area (Å²) >= 11 is 0. The first-order chi connectivity index (χ1) is 11.5. The second-order valence-corrected chi connectivity index (χ2v) is 5.80. The number of amides is 1. The fourth-order valence-corrected chi connectivity index (χ4v) is 2.92. The molecule has 130 valence electrons. The molecule has 1 saturated carbocycles. The first-order valence-corrected chi connectivity index (χ1v) is 7.82. The summed E-state index contributed by atoms with van der Waals surface area (Å²) < 4.78 is 34.3. The molecule has 1 N–H and O–H groups in total. The number of alkyl halides is 2. The third-order valence-electron chi connectivity index (χ3n) is 4.25. The van der Waals surface area contributed by atoms with Crippen LogP contribution in [0.4, 0.5) is 8.78 Å². The Kier molecular flexibility index (Phi) is 5.96. The molecule has 0 radical (unpaired) electrons. The molecule has 24 heavy (non-hydrogen) atoms. The van der Waals surface area contributed by atoms with Crippen LogP contribution in [0.2, 0.25) is 0 Å². The van der Waals surface area contributed by atoms with Gasteiger partial charge in [-0.15, -0.1) is 0 Å². The molecule has 0 saturated heterocycles. The Balaban J connectivity index is 2.05. The Morgan fingerprint density at radius 2 is 2.04 bits per heavy atom. The molecule has 0 bridgehead atoms. The summed E-state index contributed by atoms with van der Waals surface area (Å²) in [5, 5.41) is 12.1. The highest BCUT2D eigenvalue weighted by Gasteiger charge is 2.39. The first-order valence-electron chi connectivity index (χ1n) is 7.82. The number of hydrogen-bond donors (Lipinski definition) is 1. The lowest BCUT2D eigenvalue weighted by Gasteiger charge is -2.29. The minimum absolute atomic E-state index is 0.0908. The predicted molar refractivity (Wildman–Crippen MR) is 82.6 cm³/mol. The molecule has 1 amide bonds. The average Bonchev–Trinajstić information content (AvgIpc) is 2.59. The first kappa shape index (κ1) is 18.0. The molecule has 1 aliphatic carbocycles. The van der Waals surface area contributed by atoms with Crippen LogP contribution in [0, 0.1) is 16.7 Å². The zero-order valence-electron chi connectivity index (χ0n) is 13.5. The minimum Gasteiger partial charge on any atom is -0.493 e. The number of rotatable bonds is 6. The van der Waals surface area contributed by atoms with Crippen molar-refractivity contribution < 1.29 is 23.0 Å². The summed E-state index contributed by atoms with van der Waals surface area (Å²) in [6.07, 6.45) is 3.85. The molecule has 0 aromatic heterocycles. The molecule has 0 atom stereocenters. The minimum atomic E-state index is -2.96. The maximum absolute atomic E-state index is 12.4. The predicted octanol–water partition coefficient (Wildman–Crippen LogP) is 3.39. The summed E-state index contributed by atoms with van der Waals surface area (Å²) in [6.45, 7) is -2.83. The van der Waals surface area contributed by atoms with Gasteiger partial charge in [-0.25, -0.2) is 0 Å². The van der Waals surface area contributed by atoms with E-state index in [1.807, 2.05) is 0 Å². The summed E-state index contributed by atoms with van der Waals surface area (Å²) in [6, 6.07) is 6.70. The smallest absolute Gasteiger partial charge is 0.387 e. The van der Waals surface area contributed by atoms with E-state index < -0.39 is 12.0 Å². The Labute approximate surface area is 139 Å². The zero-order valence-corrected chi connectivity index (χ0v) is 13.5. The van der Waals surface area contributed by atoms with Gasteiger partial charge in [0.25, 0.3) is 0 Å². The van der Waals surface area contributed by atoms with Gasteiger partial charge in [0.2, 0.25) is 5.91 Å². The third kappa shape index (κ3) is 4.13. The van der Waals surface area contributed by atoms with E-state index in [0.717, 1.165) is 19.3 Å². The van der Waals surface area contributed by atoms with Crippen molar-refractivity contribution >= 4 is 5.91 Å². The van der Waals surface area contributed by atoms with Crippen molar-refractivity contribution in [2.75, 3.05) is 7.11 Å². The molecule has 0 heterocycles. The van der Waals surface area contributed by atoms with E-state index in [1.165, 1.54) is 19.2 Å². The number of ether oxygens (including phenoxy) is 2. The molecule has 2 rings (SSSR count). The second-order valence-electron chi connectivity index (χ2n) is 5.80. The number of carbonyl (C=O) groups excluding carboxylic acids is 1. The second kappa shape index (κ2) is 7.95. The molecule has 0 spiro atoms. The Hall–Kier alpha value is -2.36. The molecular formula is C17H20F2N2O3. The number of carbonyl (C=O) groups is 1. The largest absolute Gasteiger partial charge is 0.493 e. The van der Waals surface area contributed by atoms with Crippen LogP contribution in [-0.4, -0.2) is 19.6 Å². The molecule has 0 unspecified atom stereocenters.